The predicted octanol–water partition coefficient (Wildman–Crippen LogP) is 4.38. The molecule has 1 aromatic carbocycles. The van der Waals surface area contributed by atoms with E-state index in [0.717, 1.165) is 16.9 Å². The molecule has 0 saturated carbocycles. The smallest absolute Gasteiger partial charge is 0.269 e. The van der Waals surface area contributed by atoms with E-state index < -0.39 is 4.92 Å². The monoisotopic (exact) mass is 411 g/mol. The van der Waals surface area contributed by atoms with Crippen LogP contribution in [0.4, 0.5) is 17.2 Å². The number of hydrogen-bond acceptors (Lipinski definition) is 7. The number of nitrogens with zero attached hydrogens (tertiary/aromatic N) is 4. The lowest BCUT2D eigenvalue weighted by Gasteiger charge is -2.22. The summed E-state index contributed by atoms with van der Waals surface area (Å²) >= 11 is 0. The van der Waals surface area contributed by atoms with Gasteiger partial charge in [0, 0.05) is 48.8 Å². The summed E-state index contributed by atoms with van der Waals surface area (Å²) in [6.45, 7) is 7.04. The standard InChI is InChI=1S/C21H25N5O4/c1-21(2,3)25-18(15-5-7-17(8-6-15)26(27)28)14-19(24-25)23-16-9-10-22-20(13-16)30-12-11-29-4/h5-10,13-14H,11-12H2,1-4H3,(H,22,23,24). The van der Waals surface area contributed by atoms with Crippen LogP contribution in [0.3, 0.4) is 0 Å². The highest BCUT2D eigenvalue weighted by molar-refractivity contribution is 5.68. The van der Waals surface area contributed by atoms with Gasteiger partial charge in [0.2, 0.25) is 5.88 Å². The van der Waals surface area contributed by atoms with Gasteiger partial charge in [0.15, 0.2) is 5.82 Å². The van der Waals surface area contributed by atoms with Crippen molar-refractivity contribution in [2.75, 3.05) is 25.6 Å². The van der Waals surface area contributed by atoms with Crippen molar-refractivity contribution in [3.63, 3.8) is 0 Å². The average molecular weight is 411 g/mol. The first kappa shape index (κ1) is 21.3. The maximum absolute atomic E-state index is 10.9. The Labute approximate surface area is 174 Å². The van der Waals surface area contributed by atoms with Gasteiger partial charge < -0.3 is 14.8 Å². The fourth-order valence-corrected chi connectivity index (χ4v) is 2.86. The molecule has 3 rings (SSSR count). The van der Waals surface area contributed by atoms with Gasteiger partial charge in [-0.05, 0) is 39.0 Å². The van der Waals surface area contributed by atoms with Crippen LogP contribution >= 0.6 is 0 Å². The molecule has 0 radical (unpaired) electrons. The van der Waals surface area contributed by atoms with E-state index in [1.165, 1.54) is 12.1 Å². The van der Waals surface area contributed by atoms with E-state index in [1.54, 1.807) is 31.5 Å². The highest BCUT2D eigenvalue weighted by Crippen LogP contribution is 2.31. The molecule has 0 amide bonds. The lowest BCUT2D eigenvalue weighted by molar-refractivity contribution is -0.384. The summed E-state index contributed by atoms with van der Waals surface area (Å²) in [5, 5.41) is 18.9. The van der Waals surface area contributed by atoms with E-state index in [4.69, 9.17) is 14.6 Å². The van der Waals surface area contributed by atoms with Crippen LogP contribution in [0.25, 0.3) is 11.3 Å². The first-order valence-electron chi connectivity index (χ1n) is 9.48. The van der Waals surface area contributed by atoms with Crippen molar-refractivity contribution in [1.82, 2.24) is 14.8 Å². The van der Waals surface area contributed by atoms with E-state index >= 15 is 0 Å². The fourth-order valence-electron chi connectivity index (χ4n) is 2.86. The second-order valence-corrected chi connectivity index (χ2v) is 7.65. The van der Waals surface area contributed by atoms with Crippen molar-refractivity contribution in [2.24, 2.45) is 0 Å². The van der Waals surface area contributed by atoms with Crippen LogP contribution in [0.5, 0.6) is 5.88 Å². The Bertz CT molecular complexity index is 1010. The summed E-state index contributed by atoms with van der Waals surface area (Å²) in [4.78, 5) is 14.7. The number of ether oxygens (including phenoxy) is 2. The third-order valence-corrected chi connectivity index (χ3v) is 4.26. The van der Waals surface area contributed by atoms with Gasteiger partial charge in [0.25, 0.3) is 5.69 Å². The number of non-ortho nitro benzene ring substituents is 1. The maximum Gasteiger partial charge on any atom is 0.269 e. The van der Waals surface area contributed by atoms with Crippen LogP contribution in [0.1, 0.15) is 20.8 Å². The Balaban J connectivity index is 1.88. The van der Waals surface area contributed by atoms with Crippen molar-refractivity contribution in [2.45, 2.75) is 26.3 Å². The van der Waals surface area contributed by atoms with E-state index in [2.05, 4.69) is 10.3 Å². The molecular weight excluding hydrogens is 386 g/mol. The molecule has 2 aromatic heterocycles. The molecule has 3 aromatic rings. The molecular formula is C21H25N5O4. The summed E-state index contributed by atoms with van der Waals surface area (Å²) in [5.74, 6) is 1.13. The SMILES string of the molecule is COCCOc1cc(Nc2cc(-c3ccc([N+](=O)[O-])cc3)n(C(C)(C)C)n2)ccn1. The van der Waals surface area contributed by atoms with Gasteiger partial charge in [-0.1, -0.05) is 0 Å². The zero-order chi connectivity index (χ0) is 21.7. The molecule has 0 spiro atoms. The Morgan fingerprint density at radius 2 is 1.87 bits per heavy atom. The third kappa shape index (κ3) is 5.12. The summed E-state index contributed by atoms with van der Waals surface area (Å²) < 4.78 is 12.4. The summed E-state index contributed by atoms with van der Waals surface area (Å²) in [6, 6.07) is 12.0. The first-order chi connectivity index (χ1) is 14.3. The highest BCUT2D eigenvalue weighted by atomic mass is 16.6. The van der Waals surface area contributed by atoms with Crippen LogP contribution < -0.4 is 10.1 Å². The van der Waals surface area contributed by atoms with E-state index in [1.807, 2.05) is 37.6 Å². The van der Waals surface area contributed by atoms with Gasteiger partial charge in [-0.2, -0.15) is 5.10 Å². The number of methoxy groups -OCH3 is 1. The van der Waals surface area contributed by atoms with Gasteiger partial charge in [-0.15, -0.1) is 0 Å². The number of nitro groups is 1. The Hall–Kier alpha value is -3.46. The normalized spacial score (nSPS) is 11.3. The summed E-state index contributed by atoms with van der Waals surface area (Å²) in [7, 11) is 1.61. The first-order valence-corrected chi connectivity index (χ1v) is 9.48. The molecule has 0 aliphatic carbocycles. The number of hydrogen-bond donors (Lipinski definition) is 1. The predicted molar refractivity (Wildman–Crippen MR) is 114 cm³/mol. The molecule has 158 valence electrons. The van der Waals surface area contributed by atoms with Crippen LogP contribution in [0.15, 0.2) is 48.7 Å². The minimum absolute atomic E-state index is 0.0525. The van der Waals surface area contributed by atoms with Crippen molar-refractivity contribution >= 4 is 17.2 Å². The zero-order valence-electron chi connectivity index (χ0n) is 17.5. The number of rotatable bonds is 8. The van der Waals surface area contributed by atoms with Crippen molar-refractivity contribution in [3.8, 4) is 17.1 Å². The molecule has 0 aliphatic rings. The second kappa shape index (κ2) is 8.91. The van der Waals surface area contributed by atoms with E-state index in [9.17, 15) is 10.1 Å². The topological polar surface area (TPSA) is 104 Å². The Kier molecular flexibility index (Phi) is 6.31. The number of nitro benzene ring substituents is 1. The molecule has 0 atom stereocenters. The summed E-state index contributed by atoms with van der Waals surface area (Å²) in [6.07, 6.45) is 1.66. The lowest BCUT2D eigenvalue weighted by Crippen LogP contribution is -2.24. The second-order valence-electron chi connectivity index (χ2n) is 7.65. The van der Waals surface area contributed by atoms with Crippen LogP contribution in [-0.2, 0) is 10.3 Å². The molecule has 0 aliphatic heterocycles. The molecule has 0 fully saturated rings. The van der Waals surface area contributed by atoms with Gasteiger partial charge in [0.05, 0.1) is 22.8 Å². The molecule has 0 unspecified atom stereocenters. The number of benzene rings is 1. The van der Waals surface area contributed by atoms with Crippen LogP contribution in [-0.4, -0.2) is 40.0 Å². The molecule has 2 heterocycles. The van der Waals surface area contributed by atoms with Crippen molar-refractivity contribution in [3.05, 3.63) is 58.8 Å². The summed E-state index contributed by atoms with van der Waals surface area (Å²) in [5.41, 5.74) is 2.24. The van der Waals surface area contributed by atoms with Gasteiger partial charge >= 0.3 is 0 Å². The third-order valence-electron chi connectivity index (χ3n) is 4.26. The highest BCUT2D eigenvalue weighted by Gasteiger charge is 2.21. The quantitative estimate of drug-likeness (QED) is 0.333. The number of nitrogens with one attached hydrogen (secondary N) is 1. The minimum atomic E-state index is -0.409. The minimum Gasteiger partial charge on any atom is -0.475 e. The van der Waals surface area contributed by atoms with Gasteiger partial charge in [-0.25, -0.2) is 4.98 Å². The van der Waals surface area contributed by atoms with Crippen LogP contribution in [0, 0.1) is 10.1 Å². The number of anilines is 2. The number of pyridine rings is 1. The van der Waals surface area contributed by atoms with Crippen LogP contribution in [0.2, 0.25) is 0 Å². The molecule has 0 saturated heterocycles. The van der Waals surface area contributed by atoms with Crippen molar-refractivity contribution < 1.29 is 14.4 Å². The largest absolute Gasteiger partial charge is 0.475 e. The lowest BCUT2D eigenvalue weighted by atomic mass is 10.1. The molecule has 1 N–H and O–H groups in total. The Morgan fingerprint density at radius 1 is 1.13 bits per heavy atom. The maximum atomic E-state index is 10.9. The molecule has 0 bridgehead atoms. The van der Waals surface area contributed by atoms with Gasteiger partial charge in [0.1, 0.15) is 6.61 Å². The van der Waals surface area contributed by atoms with E-state index in [-0.39, 0.29) is 11.2 Å². The van der Waals surface area contributed by atoms with Crippen molar-refractivity contribution in [1.29, 1.82) is 0 Å². The molecule has 9 nitrogen and oxygen atoms in total. The zero-order valence-corrected chi connectivity index (χ0v) is 17.5. The van der Waals surface area contributed by atoms with E-state index in [0.29, 0.717) is 24.9 Å². The average Bonchev–Trinajstić information content (AvgIpc) is 3.13. The molecule has 9 heteroatoms. The Morgan fingerprint density at radius 3 is 2.50 bits per heavy atom. The van der Waals surface area contributed by atoms with Gasteiger partial charge in [-0.3, -0.25) is 14.8 Å². The number of aromatic nitrogens is 3. The molecule has 30 heavy (non-hydrogen) atoms. The fraction of sp³-hybridized carbons (Fsp3) is 0.333.